The summed E-state index contributed by atoms with van der Waals surface area (Å²) in [6.07, 6.45) is 4.67. The molecular formula is C31H28FN3O3. The van der Waals surface area contributed by atoms with Gasteiger partial charge in [-0.05, 0) is 79.3 Å². The highest BCUT2D eigenvalue weighted by Crippen LogP contribution is 2.27. The Morgan fingerprint density at radius 2 is 1.68 bits per heavy atom. The molecule has 38 heavy (non-hydrogen) atoms. The van der Waals surface area contributed by atoms with Crippen LogP contribution in [-0.4, -0.2) is 44.9 Å². The van der Waals surface area contributed by atoms with Gasteiger partial charge in [0, 0.05) is 30.6 Å². The number of carboxylic acids is 1. The molecule has 1 aromatic heterocycles. The molecule has 0 aliphatic carbocycles. The number of hydrogen-bond donors (Lipinski definition) is 1. The van der Waals surface area contributed by atoms with Crippen molar-refractivity contribution in [3.8, 4) is 11.3 Å². The summed E-state index contributed by atoms with van der Waals surface area (Å²) in [6, 6.07) is 21.6. The lowest BCUT2D eigenvalue weighted by Crippen LogP contribution is -2.34. The highest BCUT2D eigenvalue weighted by Gasteiger charge is 2.20. The van der Waals surface area contributed by atoms with Crippen LogP contribution in [0.4, 0.5) is 4.39 Å². The summed E-state index contributed by atoms with van der Waals surface area (Å²) in [5, 5.41) is 8.97. The zero-order valence-corrected chi connectivity index (χ0v) is 20.9. The minimum atomic E-state index is -0.833. The molecule has 3 aromatic carbocycles. The van der Waals surface area contributed by atoms with Crippen LogP contribution in [0.2, 0.25) is 0 Å². The van der Waals surface area contributed by atoms with Crippen LogP contribution < -0.4 is 0 Å². The molecule has 0 saturated carbocycles. The molecule has 2 heterocycles. The van der Waals surface area contributed by atoms with Gasteiger partial charge < -0.3 is 10.0 Å². The summed E-state index contributed by atoms with van der Waals surface area (Å²) in [6.45, 7) is 1.19. The molecule has 1 aliphatic rings. The molecular weight excluding hydrogens is 481 g/mol. The number of halogens is 1. The molecule has 0 fully saturated rings. The maximum absolute atomic E-state index is 13.5. The fourth-order valence-corrected chi connectivity index (χ4v) is 4.76. The first-order valence-corrected chi connectivity index (χ1v) is 12.8. The SMILES string of the molecule is O=C(O)CCCCc1nc2cc(C(=O)N3CC=C(c4ccccc4)CC3)ccc2nc1-c1ccc(F)cc1. The van der Waals surface area contributed by atoms with E-state index in [1.54, 1.807) is 30.3 Å². The number of fused-ring (bicyclic) bond motifs is 1. The summed E-state index contributed by atoms with van der Waals surface area (Å²) < 4.78 is 13.5. The third kappa shape index (κ3) is 5.78. The van der Waals surface area contributed by atoms with Crippen LogP contribution in [0.1, 0.15) is 47.3 Å². The summed E-state index contributed by atoms with van der Waals surface area (Å²) in [5.74, 6) is -1.22. The maximum Gasteiger partial charge on any atom is 0.303 e. The van der Waals surface area contributed by atoms with Crippen molar-refractivity contribution >= 4 is 28.5 Å². The second kappa shape index (κ2) is 11.3. The smallest absolute Gasteiger partial charge is 0.303 e. The third-order valence-corrected chi connectivity index (χ3v) is 6.80. The molecule has 0 unspecified atom stereocenters. The number of hydrogen-bond acceptors (Lipinski definition) is 4. The van der Waals surface area contributed by atoms with Crippen LogP contribution in [0.5, 0.6) is 0 Å². The Hall–Kier alpha value is -4.39. The van der Waals surface area contributed by atoms with E-state index in [4.69, 9.17) is 15.1 Å². The fraction of sp³-hybridized carbons (Fsp3) is 0.226. The predicted molar refractivity (Wildman–Crippen MR) is 145 cm³/mol. The monoisotopic (exact) mass is 509 g/mol. The van der Waals surface area contributed by atoms with Gasteiger partial charge in [-0.25, -0.2) is 14.4 Å². The van der Waals surface area contributed by atoms with Gasteiger partial charge in [-0.15, -0.1) is 0 Å². The van der Waals surface area contributed by atoms with Gasteiger partial charge in [-0.3, -0.25) is 9.59 Å². The second-order valence-electron chi connectivity index (χ2n) is 9.43. The number of carboxylic acid groups (broad SMARTS) is 1. The molecule has 0 radical (unpaired) electrons. The standard InChI is InChI=1S/C31H28FN3O3/c32-25-13-10-23(11-14-25)30-27(8-4-5-9-29(36)37)33-28-20-24(12-15-26(28)34-30)31(38)35-18-16-22(17-19-35)21-6-2-1-3-7-21/h1-3,6-7,10-16,20H,4-5,8-9,17-19H2,(H,36,37). The normalized spacial score (nSPS) is 13.4. The van der Waals surface area contributed by atoms with E-state index in [1.165, 1.54) is 23.3 Å². The van der Waals surface area contributed by atoms with E-state index in [0.29, 0.717) is 60.3 Å². The van der Waals surface area contributed by atoms with Crippen molar-refractivity contribution in [1.29, 1.82) is 0 Å². The van der Waals surface area contributed by atoms with E-state index in [1.807, 2.05) is 23.1 Å². The summed E-state index contributed by atoms with van der Waals surface area (Å²) in [7, 11) is 0. The number of aromatic nitrogens is 2. The number of unbranched alkanes of at least 4 members (excludes halogenated alkanes) is 1. The number of aryl methyl sites for hydroxylation is 1. The fourth-order valence-electron chi connectivity index (χ4n) is 4.76. The zero-order valence-electron chi connectivity index (χ0n) is 20.9. The molecule has 0 bridgehead atoms. The Balaban J connectivity index is 1.40. The molecule has 0 atom stereocenters. The molecule has 4 aromatic rings. The van der Waals surface area contributed by atoms with Crippen LogP contribution in [0.15, 0.2) is 78.9 Å². The van der Waals surface area contributed by atoms with Gasteiger partial charge in [-0.2, -0.15) is 0 Å². The Bertz CT molecular complexity index is 1500. The lowest BCUT2D eigenvalue weighted by atomic mass is 9.99. The predicted octanol–water partition coefficient (Wildman–Crippen LogP) is 6.16. The van der Waals surface area contributed by atoms with Crippen LogP contribution in [0, 0.1) is 5.82 Å². The second-order valence-corrected chi connectivity index (χ2v) is 9.43. The van der Waals surface area contributed by atoms with Crippen molar-refractivity contribution in [1.82, 2.24) is 14.9 Å². The Kier molecular flexibility index (Phi) is 7.54. The minimum Gasteiger partial charge on any atom is -0.481 e. The molecule has 0 spiro atoms. The highest BCUT2D eigenvalue weighted by atomic mass is 19.1. The van der Waals surface area contributed by atoms with Gasteiger partial charge in [0.2, 0.25) is 0 Å². The Morgan fingerprint density at radius 1 is 0.895 bits per heavy atom. The summed E-state index contributed by atoms with van der Waals surface area (Å²) >= 11 is 0. The summed E-state index contributed by atoms with van der Waals surface area (Å²) in [5.41, 5.74) is 6.31. The van der Waals surface area contributed by atoms with Crippen LogP contribution in [0.3, 0.4) is 0 Å². The lowest BCUT2D eigenvalue weighted by molar-refractivity contribution is -0.137. The number of amides is 1. The van der Waals surface area contributed by atoms with E-state index < -0.39 is 5.97 Å². The maximum atomic E-state index is 13.5. The van der Waals surface area contributed by atoms with Crippen molar-refractivity contribution in [3.63, 3.8) is 0 Å². The summed E-state index contributed by atoms with van der Waals surface area (Å²) in [4.78, 5) is 35.7. The molecule has 1 N–H and O–H groups in total. The van der Waals surface area contributed by atoms with Crippen LogP contribution in [0.25, 0.3) is 27.9 Å². The van der Waals surface area contributed by atoms with Gasteiger partial charge in [0.15, 0.2) is 0 Å². The first kappa shape index (κ1) is 25.3. The van der Waals surface area contributed by atoms with E-state index in [9.17, 15) is 14.0 Å². The lowest BCUT2D eigenvalue weighted by Gasteiger charge is -2.27. The third-order valence-electron chi connectivity index (χ3n) is 6.80. The van der Waals surface area contributed by atoms with Gasteiger partial charge in [0.05, 0.1) is 22.4 Å². The first-order chi connectivity index (χ1) is 18.5. The molecule has 6 nitrogen and oxygen atoms in total. The van der Waals surface area contributed by atoms with Gasteiger partial charge >= 0.3 is 5.97 Å². The minimum absolute atomic E-state index is 0.0531. The molecule has 1 aliphatic heterocycles. The quantitative estimate of drug-likeness (QED) is 0.288. The average Bonchev–Trinajstić information content (AvgIpc) is 2.95. The van der Waals surface area contributed by atoms with Crippen molar-refractivity contribution in [2.45, 2.75) is 32.1 Å². The van der Waals surface area contributed by atoms with Gasteiger partial charge in [0.25, 0.3) is 5.91 Å². The van der Waals surface area contributed by atoms with Crippen molar-refractivity contribution in [2.75, 3.05) is 13.1 Å². The van der Waals surface area contributed by atoms with Crippen LogP contribution >= 0.6 is 0 Å². The van der Waals surface area contributed by atoms with E-state index in [0.717, 1.165) is 12.0 Å². The average molecular weight is 510 g/mol. The van der Waals surface area contributed by atoms with Crippen LogP contribution in [-0.2, 0) is 11.2 Å². The molecule has 7 heteroatoms. The van der Waals surface area contributed by atoms with Crippen molar-refractivity contribution in [3.05, 3.63) is 102 Å². The number of aliphatic carboxylic acids is 1. The molecule has 0 saturated heterocycles. The zero-order chi connectivity index (χ0) is 26.5. The number of rotatable bonds is 8. The van der Waals surface area contributed by atoms with E-state index in [-0.39, 0.29) is 18.1 Å². The van der Waals surface area contributed by atoms with Gasteiger partial charge in [-0.1, -0.05) is 36.4 Å². The number of benzene rings is 3. The first-order valence-electron chi connectivity index (χ1n) is 12.8. The molecule has 192 valence electrons. The Labute approximate surface area is 220 Å². The number of carbonyl (C=O) groups excluding carboxylic acids is 1. The Morgan fingerprint density at radius 3 is 2.39 bits per heavy atom. The highest BCUT2D eigenvalue weighted by molar-refractivity contribution is 5.98. The number of nitrogens with zero attached hydrogens (tertiary/aromatic N) is 3. The van der Waals surface area contributed by atoms with Crippen molar-refractivity contribution in [2.24, 2.45) is 0 Å². The largest absolute Gasteiger partial charge is 0.481 e. The van der Waals surface area contributed by atoms with Crippen molar-refractivity contribution < 1.29 is 19.1 Å². The topological polar surface area (TPSA) is 83.4 Å². The van der Waals surface area contributed by atoms with Gasteiger partial charge in [0.1, 0.15) is 5.82 Å². The molecule has 5 rings (SSSR count). The number of carbonyl (C=O) groups is 2. The molecule has 1 amide bonds. The van der Waals surface area contributed by atoms with E-state index in [2.05, 4.69) is 18.2 Å². The van der Waals surface area contributed by atoms with E-state index >= 15 is 0 Å².